The van der Waals surface area contributed by atoms with Gasteiger partial charge in [-0.2, -0.15) is 0 Å². The van der Waals surface area contributed by atoms with Crippen LogP contribution in [0.15, 0.2) is 95.8 Å². The summed E-state index contributed by atoms with van der Waals surface area (Å²) < 4.78 is 16.7. The second-order valence-electron chi connectivity index (χ2n) is 8.49. The molecule has 0 spiro atoms. The summed E-state index contributed by atoms with van der Waals surface area (Å²) in [6, 6.07) is 24.2. The Hall–Kier alpha value is -4.79. The first-order chi connectivity index (χ1) is 18.1. The molecular weight excluding hydrogens is 472 g/mol. The highest BCUT2D eigenvalue weighted by Gasteiger charge is 2.31. The van der Waals surface area contributed by atoms with Crippen LogP contribution in [-0.4, -0.2) is 48.0 Å². The van der Waals surface area contributed by atoms with Gasteiger partial charge in [0.2, 0.25) is 5.76 Å². The van der Waals surface area contributed by atoms with Crippen molar-refractivity contribution >= 4 is 23.6 Å². The van der Waals surface area contributed by atoms with Gasteiger partial charge in [0.15, 0.2) is 0 Å². The third-order valence-corrected chi connectivity index (χ3v) is 5.88. The fraction of sp³-hybridized carbons (Fsp3) is 0.179. The number of ether oxygens (including phenoxy) is 3. The highest BCUT2D eigenvalue weighted by molar-refractivity contribution is 6.06. The topological polar surface area (TPSA) is 92.7 Å². The number of hydrogen-bond donors (Lipinski definition) is 1. The number of amidine groups is 1. The predicted octanol–water partition coefficient (Wildman–Crippen LogP) is 4.38. The largest absolute Gasteiger partial charge is 0.497 e. The molecule has 3 aromatic carbocycles. The molecule has 0 aromatic heterocycles. The van der Waals surface area contributed by atoms with Gasteiger partial charge in [-0.1, -0.05) is 42.5 Å². The van der Waals surface area contributed by atoms with Gasteiger partial charge in [0.25, 0.3) is 5.91 Å². The molecule has 9 nitrogen and oxygen atoms in total. The Labute approximate surface area is 214 Å². The smallest absolute Gasteiger partial charge is 0.348 e. The number of carbonyl (C=O) groups excluding carboxylic acids is 2. The summed E-state index contributed by atoms with van der Waals surface area (Å²) in [5, 5.41) is 2.80. The molecule has 3 aromatic rings. The number of nitrogens with one attached hydrogen (secondary N) is 1. The van der Waals surface area contributed by atoms with Crippen LogP contribution >= 0.6 is 0 Å². The van der Waals surface area contributed by atoms with Crippen molar-refractivity contribution in [3.05, 3.63) is 102 Å². The molecule has 2 heterocycles. The van der Waals surface area contributed by atoms with E-state index in [0.717, 1.165) is 16.9 Å². The zero-order valence-electron chi connectivity index (χ0n) is 20.3. The van der Waals surface area contributed by atoms with E-state index in [1.807, 2.05) is 54.6 Å². The number of fused-ring (bicyclic) bond motifs is 1. The Morgan fingerprint density at radius 1 is 0.973 bits per heavy atom. The molecule has 0 atom stereocenters. The molecule has 0 bridgehead atoms. The molecule has 0 saturated heterocycles. The van der Waals surface area contributed by atoms with Gasteiger partial charge in [-0.05, 0) is 47.5 Å². The fourth-order valence-electron chi connectivity index (χ4n) is 3.91. The number of urea groups is 1. The van der Waals surface area contributed by atoms with Crippen LogP contribution in [0.4, 0.5) is 10.5 Å². The number of carbonyl (C=O) groups is 2. The first-order valence-electron chi connectivity index (χ1n) is 11.8. The first-order valence-corrected chi connectivity index (χ1v) is 11.8. The quantitative estimate of drug-likeness (QED) is 0.496. The number of methoxy groups -OCH3 is 1. The number of amides is 3. The summed E-state index contributed by atoms with van der Waals surface area (Å²) >= 11 is 0. The van der Waals surface area contributed by atoms with Gasteiger partial charge in [-0.25, -0.2) is 4.79 Å². The van der Waals surface area contributed by atoms with E-state index in [2.05, 4.69) is 10.3 Å². The molecule has 0 aliphatic carbocycles. The minimum atomic E-state index is -0.436. The Morgan fingerprint density at radius 2 is 1.76 bits per heavy atom. The first kappa shape index (κ1) is 23.9. The molecule has 0 saturated carbocycles. The number of aliphatic imine (C=N–C) groups is 1. The lowest BCUT2D eigenvalue weighted by atomic mass is 10.2. The summed E-state index contributed by atoms with van der Waals surface area (Å²) in [5.74, 6) is 1.05. The molecule has 3 amide bonds. The van der Waals surface area contributed by atoms with Crippen LogP contribution in [-0.2, 0) is 22.7 Å². The van der Waals surface area contributed by atoms with E-state index in [-0.39, 0.29) is 11.8 Å². The van der Waals surface area contributed by atoms with Gasteiger partial charge in [-0.3, -0.25) is 9.69 Å². The molecule has 9 heteroatoms. The lowest BCUT2D eigenvalue weighted by Gasteiger charge is -2.19. The van der Waals surface area contributed by atoms with Crippen LogP contribution in [0.2, 0.25) is 0 Å². The molecule has 0 radical (unpaired) electrons. The van der Waals surface area contributed by atoms with Crippen molar-refractivity contribution in [1.82, 2.24) is 9.80 Å². The Bertz CT molecular complexity index is 1340. The Balaban J connectivity index is 1.16. The third kappa shape index (κ3) is 5.90. The maximum atomic E-state index is 12.8. The van der Waals surface area contributed by atoms with E-state index in [4.69, 9.17) is 14.2 Å². The maximum Gasteiger partial charge on any atom is 0.348 e. The molecule has 0 unspecified atom stereocenters. The van der Waals surface area contributed by atoms with E-state index in [1.54, 1.807) is 47.4 Å². The Morgan fingerprint density at radius 3 is 2.54 bits per heavy atom. The van der Waals surface area contributed by atoms with Crippen LogP contribution in [0.25, 0.3) is 0 Å². The summed E-state index contributed by atoms with van der Waals surface area (Å²) in [4.78, 5) is 32.9. The van der Waals surface area contributed by atoms with Crippen molar-refractivity contribution in [1.29, 1.82) is 0 Å². The summed E-state index contributed by atoms with van der Waals surface area (Å²) in [6.45, 7) is 1.71. The average molecular weight is 499 g/mol. The van der Waals surface area contributed by atoms with Crippen molar-refractivity contribution in [2.24, 2.45) is 4.99 Å². The lowest BCUT2D eigenvalue weighted by Crippen LogP contribution is -2.31. The highest BCUT2D eigenvalue weighted by atomic mass is 16.5. The number of benzene rings is 3. The van der Waals surface area contributed by atoms with Crippen LogP contribution < -0.4 is 14.8 Å². The van der Waals surface area contributed by atoms with Gasteiger partial charge >= 0.3 is 12.1 Å². The standard InChI is InChI=1S/C28H26N4O5/c1-35-24-9-5-8-21(16-24)17-31-14-15-32-18-25(37-28(32)30-27(31)34)26(33)29-22-10-12-23(13-11-22)36-19-20-6-3-2-4-7-20/h2-13,16,18H,14-15,17,19H2,1H3,(H,29,33). The lowest BCUT2D eigenvalue weighted by molar-refractivity contribution is -0.114. The number of hydrogen-bond acceptors (Lipinski definition) is 6. The monoisotopic (exact) mass is 498 g/mol. The van der Waals surface area contributed by atoms with Gasteiger partial charge < -0.3 is 24.4 Å². The van der Waals surface area contributed by atoms with E-state index >= 15 is 0 Å². The number of nitrogens with zero attached hydrogens (tertiary/aromatic N) is 3. The molecule has 37 heavy (non-hydrogen) atoms. The molecular formula is C28H26N4O5. The maximum absolute atomic E-state index is 12.8. The molecule has 2 aliphatic heterocycles. The molecule has 0 fully saturated rings. The van der Waals surface area contributed by atoms with E-state index < -0.39 is 11.9 Å². The van der Waals surface area contributed by atoms with Crippen molar-refractivity contribution < 1.29 is 23.8 Å². The highest BCUT2D eigenvalue weighted by Crippen LogP contribution is 2.22. The molecule has 1 N–H and O–H groups in total. The van der Waals surface area contributed by atoms with Crippen molar-refractivity contribution in [3.63, 3.8) is 0 Å². The number of anilines is 1. The van der Waals surface area contributed by atoms with E-state index in [0.29, 0.717) is 37.7 Å². The third-order valence-electron chi connectivity index (χ3n) is 5.88. The van der Waals surface area contributed by atoms with E-state index in [1.165, 1.54) is 0 Å². The SMILES string of the molecule is COc1cccc(CN2CCN3C=C(C(=O)Nc4ccc(OCc5ccccc5)cc4)OC3=NC2=O)c1. The zero-order valence-corrected chi connectivity index (χ0v) is 20.3. The van der Waals surface area contributed by atoms with Gasteiger partial charge in [0, 0.05) is 25.3 Å². The van der Waals surface area contributed by atoms with Crippen molar-refractivity contribution in [3.8, 4) is 11.5 Å². The predicted molar refractivity (Wildman–Crippen MR) is 138 cm³/mol. The van der Waals surface area contributed by atoms with Crippen LogP contribution in [0.3, 0.4) is 0 Å². The summed E-state index contributed by atoms with van der Waals surface area (Å²) in [6.07, 6.45) is 1.56. The Kier molecular flexibility index (Phi) is 7.02. The molecule has 188 valence electrons. The van der Waals surface area contributed by atoms with Crippen LogP contribution in [0.5, 0.6) is 11.5 Å². The van der Waals surface area contributed by atoms with Crippen LogP contribution in [0, 0.1) is 0 Å². The fourth-order valence-corrected chi connectivity index (χ4v) is 3.91. The van der Waals surface area contributed by atoms with Crippen molar-refractivity contribution in [2.45, 2.75) is 13.2 Å². The molecule has 2 aliphatic rings. The number of rotatable bonds is 8. The minimum absolute atomic E-state index is 0.0669. The van der Waals surface area contributed by atoms with Gasteiger partial charge in [-0.15, -0.1) is 4.99 Å². The zero-order chi connectivity index (χ0) is 25.6. The van der Waals surface area contributed by atoms with Crippen molar-refractivity contribution in [2.75, 3.05) is 25.5 Å². The normalized spacial score (nSPS) is 14.7. The van der Waals surface area contributed by atoms with E-state index in [9.17, 15) is 9.59 Å². The minimum Gasteiger partial charge on any atom is -0.497 e. The average Bonchev–Trinajstić information content (AvgIpc) is 3.27. The summed E-state index contributed by atoms with van der Waals surface area (Å²) in [5.41, 5.74) is 2.59. The summed E-state index contributed by atoms with van der Waals surface area (Å²) in [7, 11) is 1.60. The van der Waals surface area contributed by atoms with Gasteiger partial charge in [0.1, 0.15) is 18.1 Å². The second-order valence-corrected chi connectivity index (χ2v) is 8.49. The second kappa shape index (κ2) is 10.9. The van der Waals surface area contributed by atoms with Gasteiger partial charge in [0.05, 0.1) is 13.3 Å². The molecule has 5 rings (SSSR count). The van der Waals surface area contributed by atoms with Crippen LogP contribution in [0.1, 0.15) is 11.1 Å².